The van der Waals surface area contributed by atoms with Crippen molar-refractivity contribution in [2.45, 2.75) is 17.4 Å². The van der Waals surface area contributed by atoms with E-state index in [0.29, 0.717) is 17.3 Å². The van der Waals surface area contributed by atoms with Crippen molar-refractivity contribution in [1.29, 1.82) is 0 Å². The van der Waals surface area contributed by atoms with Crippen LogP contribution in [0.25, 0.3) is 11.4 Å². The van der Waals surface area contributed by atoms with Crippen molar-refractivity contribution in [1.82, 2.24) is 19.5 Å². The van der Waals surface area contributed by atoms with Crippen LogP contribution in [0.15, 0.2) is 59.8 Å². The number of benzene rings is 2. The minimum Gasteiger partial charge on any atom is -0.325 e. The number of hydrogen-bond donors (Lipinski definition) is 2. The van der Waals surface area contributed by atoms with Gasteiger partial charge in [-0.25, -0.2) is 12.8 Å². The number of nitrogens with one attached hydrogen (secondary N) is 2. The smallest absolute Gasteiger partial charge is 0.244 e. The number of carbonyl (C=O) groups excluding carboxylic acids is 1. The minimum atomic E-state index is -4.22. The van der Waals surface area contributed by atoms with Crippen LogP contribution in [0.4, 0.5) is 10.1 Å². The molecular formula is C20H22FN5O3S2. The van der Waals surface area contributed by atoms with Crippen LogP contribution < -0.4 is 10.0 Å². The van der Waals surface area contributed by atoms with Crippen molar-refractivity contribution in [2.75, 3.05) is 17.3 Å². The number of carbonyl (C=O) groups is 1. The zero-order valence-electron chi connectivity index (χ0n) is 16.9. The van der Waals surface area contributed by atoms with Gasteiger partial charge >= 0.3 is 0 Å². The van der Waals surface area contributed by atoms with Gasteiger partial charge in [-0.3, -0.25) is 4.79 Å². The molecule has 0 bridgehead atoms. The number of aryl methyl sites for hydroxylation is 1. The first-order chi connectivity index (χ1) is 14.8. The van der Waals surface area contributed by atoms with E-state index < -0.39 is 32.7 Å². The number of hydrogen-bond acceptors (Lipinski definition) is 6. The fourth-order valence-corrected chi connectivity index (χ4v) is 4.68. The van der Waals surface area contributed by atoms with Crippen LogP contribution in [0.3, 0.4) is 0 Å². The topological polar surface area (TPSA) is 106 Å². The summed E-state index contributed by atoms with van der Waals surface area (Å²) in [4.78, 5) is 12.4. The maximum absolute atomic E-state index is 14.0. The number of aromatic nitrogens is 3. The molecule has 31 heavy (non-hydrogen) atoms. The van der Waals surface area contributed by atoms with E-state index >= 15 is 0 Å². The lowest BCUT2D eigenvalue weighted by atomic mass is 10.1. The summed E-state index contributed by atoms with van der Waals surface area (Å²) in [5.41, 5.74) is 1.22. The Morgan fingerprint density at radius 1 is 1.23 bits per heavy atom. The lowest BCUT2D eigenvalue weighted by Crippen LogP contribution is -2.44. The number of rotatable bonds is 9. The maximum atomic E-state index is 14.0. The van der Waals surface area contributed by atoms with Gasteiger partial charge in [0.1, 0.15) is 23.1 Å². The van der Waals surface area contributed by atoms with Gasteiger partial charge in [0.05, 0.1) is 0 Å². The van der Waals surface area contributed by atoms with Crippen LogP contribution >= 0.6 is 11.8 Å². The van der Waals surface area contributed by atoms with Gasteiger partial charge in [0, 0.05) is 18.3 Å². The average molecular weight is 464 g/mol. The fraction of sp³-hybridized carbons (Fsp3) is 0.250. The number of amides is 1. The quantitative estimate of drug-likeness (QED) is 0.505. The molecule has 0 radical (unpaired) electrons. The maximum Gasteiger partial charge on any atom is 0.244 e. The number of nitrogens with zero attached hydrogens (tertiary/aromatic N) is 3. The molecule has 1 amide bonds. The molecular weight excluding hydrogens is 441 g/mol. The first-order valence-corrected chi connectivity index (χ1v) is 12.2. The Hall–Kier alpha value is -2.76. The van der Waals surface area contributed by atoms with Gasteiger partial charge in [-0.05, 0) is 42.7 Å². The van der Waals surface area contributed by atoms with Crippen molar-refractivity contribution < 1.29 is 17.6 Å². The summed E-state index contributed by atoms with van der Waals surface area (Å²) in [6, 6.07) is 11.0. The molecule has 11 heteroatoms. The van der Waals surface area contributed by atoms with Crippen LogP contribution in [0, 0.1) is 5.82 Å². The van der Waals surface area contributed by atoms with Gasteiger partial charge in [0.15, 0.2) is 5.82 Å². The fourth-order valence-electron chi connectivity index (χ4n) is 2.90. The Morgan fingerprint density at radius 3 is 2.68 bits per heavy atom. The predicted octanol–water partition coefficient (Wildman–Crippen LogP) is 2.66. The monoisotopic (exact) mass is 463 g/mol. The molecule has 1 atom stereocenters. The van der Waals surface area contributed by atoms with Crippen LogP contribution in [0.5, 0.6) is 0 Å². The van der Waals surface area contributed by atoms with Gasteiger partial charge in [0.25, 0.3) is 0 Å². The first-order valence-electron chi connectivity index (χ1n) is 9.33. The van der Waals surface area contributed by atoms with Crippen molar-refractivity contribution in [3.05, 3.63) is 60.7 Å². The first kappa shape index (κ1) is 22.9. The normalized spacial score (nSPS) is 12.5. The van der Waals surface area contributed by atoms with E-state index in [1.807, 2.05) is 12.3 Å². The van der Waals surface area contributed by atoms with E-state index in [9.17, 15) is 17.6 Å². The molecule has 0 saturated carbocycles. The Bertz CT molecular complexity index is 1170. The summed E-state index contributed by atoms with van der Waals surface area (Å²) >= 11 is 1.47. The highest BCUT2D eigenvalue weighted by molar-refractivity contribution is 7.98. The highest BCUT2D eigenvalue weighted by Gasteiger charge is 2.27. The largest absolute Gasteiger partial charge is 0.325 e. The Morgan fingerprint density at radius 2 is 2.00 bits per heavy atom. The van der Waals surface area contributed by atoms with E-state index in [1.54, 1.807) is 36.1 Å². The Kier molecular flexibility index (Phi) is 7.42. The van der Waals surface area contributed by atoms with Crippen LogP contribution in [-0.4, -0.2) is 47.1 Å². The molecule has 0 aliphatic heterocycles. The third-order valence-corrected chi connectivity index (χ3v) is 6.60. The molecule has 164 valence electrons. The van der Waals surface area contributed by atoms with Gasteiger partial charge < -0.3 is 9.88 Å². The highest BCUT2D eigenvalue weighted by atomic mass is 32.2. The van der Waals surface area contributed by atoms with E-state index in [2.05, 4.69) is 20.2 Å². The molecule has 3 rings (SSSR count). The third kappa shape index (κ3) is 5.69. The molecule has 1 heterocycles. The lowest BCUT2D eigenvalue weighted by Gasteiger charge is -2.19. The Labute approximate surface area is 184 Å². The molecule has 3 aromatic rings. The molecule has 0 spiro atoms. The van der Waals surface area contributed by atoms with Gasteiger partial charge in [-0.15, -0.1) is 10.2 Å². The zero-order chi connectivity index (χ0) is 22.4. The summed E-state index contributed by atoms with van der Waals surface area (Å²) < 4.78 is 43.4. The summed E-state index contributed by atoms with van der Waals surface area (Å²) in [5.74, 6) is -0.258. The van der Waals surface area contributed by atoms with E-state index in [1.165, 1.54) is 23.9 Å². The van der Waals surface area contributed by atoms with Crippen molar-refractivity contribution in [2.24, 2.45) is 7.05 Å². The molecule has 0 aliphatic carbocycles. The summed E-state index contributed by atoms with van der Waals surface area (Å²) in [5, 5.41) is 10.6. The average Bonchev–Trinajstić information content (AvgIpc) is 3.17. The predicted molar refractivity (Wildman–Crippen MR) is 119 cm³/mol. The van der Waals surface area contributed by atoms with E-state index in [-0.39, 0.29) is 6.42 Å². The van der Waals surface area contributed by atoms with Crippen molar-refractivity contribution in [3.8, 4) is 11.4 Å². The summed E-state index contributed by atoms with van der Waals surface area (Å²) in [7, 11) is -2.42. The molecule has 0 saturated heterocycles. The number of thioether (sulfide) groups is 1. The molecule has 2 aromatic carbocycles. The van der Waals surface area contributed by atoms with Gasteiger partial charge in [0.2, 0.25) is 15.9 Å². The summed E-state index contributed by atoms with van der Waals surface area (Å²) in [6.45, 7) is 0. The molecule has 8 nitrogen and oxygen atoms in total. The third-order valence-electron chi connectivity index (χ3n) is 4.45. The molecule has 1 aromatic heterocycles. The molecule has 0 aliphatic rings. The molecule has 0 fully saturated rings. The van der Waals surface area contributed by atoms with E-state index in [4.69, 9.17) is 0 Å². The molecule has 1 unspecified atom stereocenters. The second kappa shape index (κ2) is 10.0. The lowest BCUT2D eigenvalue weighted by molar-refractivity contribution is -0.117. The molecule has 2 N–H and O–H groups in total. The summed E-state index contributed by atoms with van der Waals surface area (Å²) in [6.07, 6.45) is 3.66. The van der Waals surface area contributed by atoms with Crippen LogP contribution in [0.2, 0.25) is 0 Å². The van der Waals surface area contributed by atoms with Crippen molar-refractivity contribution >= 4 is 33.4 Å². The van der Waals surface area contributed by atoms with Gasteiger partial charge in [-0.1, -0.05) is 24.3 Å². The van der Waals surface area contributed by atoms with Crippen LogP contribution in [-0.2, 0) is 21.9 Å². The SMILES string of the molecule is CSCCC(NS(=O)(=O)c1ccccc1F)C(=O)Nc1cccc(-c2nncn2C)c1. The number of halogens is 1. The minimum absolute atomic E-state index is 0.240. The van der Waals surface area contributed by atoms with Crippen molar-refractivity contribution in [3.63, 3.8) is 0 Å². The van der Waals surface area contributed by atoms with Crippen LogP contribution in [0.1, 0.15) is 6.42 Å². The standard InChI is InChI=1S/C20H22FN5O3S2/c1-26-13-22-24-19(26)14-6-5-7-15(12-14)23-20(27)17(10-11-30-2)25-31(28,29)18-9-4-3-8-16(18)21/h3-9,12-13,17,25H,10-11H2,1-2H3,(H,23,27). The highest BCUT2D eigenvalue weighted by Crippen LogP contribution is 2.21. The van der Waals surface area contributed by atoms with Gasteiger partial charge in [-0.2, -0.15) is 16.5 Å². The second-order valence-corrected chi connectivity index (χ2v) is 9.39. The number of anilines is 1. The second-order valence-electron chi connectivity index (χ2n) is 6.72. The Balaban J connectivity index is 1.81. The number of sulfonamides is 1. The van der Waals surface area contributed by atoms with E-state index in [0.717, 1.165) is 17.7 Å². The zero-order valence-corrected chi connectivity index (χ0v) is 18.6.